The van der Waals surface area contributed by atoms with Crippen molar-refractivity contribution in [1.82, 2.24) is 0 Å². The van der Waals surface area contributed by atoms with E-state index in [0.717, 1.165) is 56.0 Å². The van der Waals surface area contributed by atoms with Gasteiger partial charge in [0.2, 0.25) is 0 Å². The maximum absolute atomic E-state index is 12.1. The first kappa shape index (κ1) is 47.3. The van der Waals surface area contributed by atoms with Crippen molar-refractivity contribution in [3.63, 3.8) is 0 Å². The summed E-state index contributed by atoms with van der Waals surface area (Å²) in [5.41, 5.74) is 7.46. The van der Waals surface area contributed by atoms with Gasteiger partial charge in [-0.05, 0) is 24.3 Å². The zero-order chi connectivity index (χ0) is 46.7. The first-order chi connectivity index (χ1) is 30.7. The van der Waals surface area contributed by atoms with E-state index in [4.69, 9.17) is 4.74 Å². The summed E-state index contributed by atoms with van der Waals surface area (Å²) in [5.74, 6) is 2.14. The van der Waals surface area contributed by atoms with Crippen LogP contribution in [-0.4, -0.2) is 42.0 Å². The fourth-order valence-corrected chi connectivity index (χ4v) is 10.4. The normalized spacial score (nSPS) is 18.1. The van der Waals surface area contributed by atoms with Gasteiger partial charge in [-0.1, -0.05) is 30.3 Å². The van der Waals surface area contributed by atoms with Crippen molar-refractivity contribution in [3.8, 4) is 28.7 Å². The van der Waals surface area contributed by atoms with E-state index in [2.05, 4.69) is 162 Å². The zero-order valence-corrected chi connectivity index (χ0v) is 40.9. The predicted molar refractivity (Wildman–Crippen MR) is 260 cm³/mol. The van der Waals surface area contributed by atoms with Gasteiger partial charge in [0.25, 0.3) is 0 Å². The molecule has 2 N–H and O–H groups in total. The Balaban J connectivity index is 0.000000381. The number of phenols is 2. The molecule has 2 atom stereocenters. The Labute approximate surface area is 394 Å². The second-order valence-electron chi connectivity index (χ2n) is 20.7. The number of fused-ring (bicyclic) bond motifs is 1. The van der Waals surface area contributed by atoms with E-state index in [9.17, 15) is 15.3 Å². The minimum Gasteiger partial charge on any atom is -0.872 e. The number of benzene rings is 6. The third-order valence-corrected chi connectivity index (χ3v) is 14.6. The van der Waals surface area contributed by atoms with Crippen molar-refractivity contribution in [1.29, 1.82) is 0 Å². The molecule has 0 aromatic heterocycles. The van der Waals surface area contributed by atoms with Crippen LogP contribution in [0.15, 0.2) is 140 Å². The molecule has 0 amide bonds. The van der Waals surface area contributed by atoms with Crippen molar-refractivity contribution >= 4 is 12.4 Å². The van der Waals surface area contributed by atoms with Crippen LogP contribution in [-0.2, 0) is 36.8 Å². The smallest absolute Gasteiger partial charge is 0.127 e. The summed E-state index contributed by atoms with van der Waals surface area (Å²) in [6.07, 6.45) is 8.99. The maximum atomic E-state index is 12.1. The average Bonchev–Trinajstić information content (AvgIpc) is 3.62. The number of phenolic OH excluding ortho intramolecular Hbond substituents is 2. The van der Waals surface area contributed by atoms with Crippen molar-refractivity contribution < 1.29 is 42.4 Å². The molecule has 0 radical (unpaired) electrons. The first-order valence-corrected chi connectivity index (χ1v) is 23.9. The van der Waals surface area contributed by atoms with Gasteiger partial charge >= 0.3 is 315 Å². The van der Waals surface area contributed by atoms with Crippen LogP contribution < -0.4 is 9.84 Å². The van der Waals surface area contributed by atoms with Gasteiger partial charge in [-0.15, -0.1) is 5.75 Å². The topological polar surface area (TPSA) is 78.8 Å². The molecule has 0 spiro atoms. The molecule has 1 saturated heterocycles. The third kappa shape index (κ3) is 10.7. The van der Waals surface area contributed by atoms with E-state index in [-0.39, 0.29) is 27.4 Å². The summed E-state index contributed by atoms with van der Waals surface area (Å²) in [7, 11) is 0. The van der Waals surface area contributed by atoms with E-state index in [1.165, 1.54) is 47.2 Å². The SMILES string of the molecule is CC(C)(C)c1cc(C=[N+]2[Co][N+](=Cc3cc(C(C)(C)C)cc(C(C)(C)c4ccccc4)c3O)C3CCCCC32)c(O)c(C(C)(C)c2ccccc2)c1.[O-]c1ccc(Oc2ccccc2)cc1. The number of para-hydroxylation sites is 1. The van der Waals surface area contributed by atoms with Gasteiger partial charge in [0.05, 0.1) is 0 Å². The third-order valence-electron chi connectivity index (χ3n) is 13.1. The van der Waals surface area contributed by atoms with Gasteiger partial charge in [0.1, 0.15) is 11.5 Å². The van der Waals surface area contributed by atoms with E-state index in [1.54, 1.807) is 12.1 Å². The summed E-state index contributed by atoms with van der Waals surface area (Å²) in [4.78, 5) is 0. The standard InChI is InChI=1S/C46H58N2O2.C12H10O2.Co/c1-43(2,3)35-25-31(41(49)37(27-35)45(7,8)33-19-13-11-14-20-33)29-47-39-23-17-18-24-40(39)48-30-32-26-36(44(4,5)6)28-38(42(32)50)46(9,10)34-21-15-12-16-22-34;13-10-6-8-12(9-7-10)14-11-4-2-1-3-5-11;/h11-16,19-22,25-30,39-40,49-50H,17-18,23-24H2,1-10H3;1-9,13H;/q;;+2/p-1. The molecule has 6 nitrogen and oxygen atoms in total. The molecule has 2 unspecified atom stereocenters. The van der Waals surface area contributed by atoms with Crippen molar-refractivity contribution in [2.45, 2.75) is 129 Å². The Morgan fingerprint density at radius 1 is 0.508 bits per heavy atom. The van der Waals surface area contributed by atoms with Gasteiger partial charge in [-0.3, -0.25) is 0 Å². The number of hydrogen-bond acceptors (Lipinski definition) is 4. The van der Waals surface area contributed by atoms with Crippen LogP contribution in [0.3, 0.4) is 0 Å². The molecule has 6 aromatic carbocycles. The summed E-state index contributed by atoms with van der Waals surface area (Å²) in [6.45, 7) is 22.3. The zero-order valence-electron chi connectivity index (χ0n) is 39.9. The monoisotopic (exact) mass is 914 g/mol. The molecule has 6 aromatic rings. The molecule has 1 saturated carbocycles. The minimum atomic E-state index is -0.383. The minimum absolute atomic E-state index is 0.00888. The van der Waals surface area contributed by atoms with Crippen molar-refractivity contribution in [2.75, 3.05) is 0 Å². The van der Waals surface area contributed by atoms with E-state index in [0.29, 0.717) is 29.3 Å². The molecule has 7 heteroatoms. The first-order valence-electron chi connectivity index (χ1n) is 23.0. The molecule has 1 aliphatic carbocycles. The Morgan fingerprint density at radius 3 is 1.26 bits per heavy atom. The number of ether oxygens (including phenoxy) is 1. The Hall–Kier alpha value is -5.63. The van der Waals surface area contributed by atoms with Gasteiger partial charge in [0.15, 0.2) is 0 Å². The van der Waals surface area contributed by atoms with Gasteiger partial charge in [-0.25, -0.2) is 0 Å². The molecule has 1 aliphatic heterocycles. The second kappa shape index (κ2) is 19.1. The molecule has 0 bridgehead atoms. The van der Waals surface area contributed by atoms with Crippen LogP contribution >= 0.6 is 0 Å². The average molecular weight is 915 g/mol. The number of rotatable bonds is 8. The number of aromatic hydroxyl groups is 2. The van der Waals surface area contributed by atoms with Crippen LogP contribution in [0.5, 0.6) is 28.7 Å². The summed E-state index contributed by atoms with van der Waals surface area (Å²) in [5, 5.41) is 34.9. The van der Waals surface area contributed by atoms with Crippen molar-refractivity contribution in [2.24, 2.45) is 0 Å². The molecule has 65 heavy (non-hydrogen) atoms. The largest absolute Gasteiger partial charge is 0.872 e. The molecule has 341 valence electrons. The Kier molecular flexibility index (Phi) is 13.9. The summed E-state index contributed by atoms with van der Waals surface area (Å²) in [6, 6.07) is 46.2. The Morgan fingerprint density at radius 2 is 0.877 bits per heavy atom. The summed E-state index contributed by atoms with van der Waals surface area (Å²) >= 11 is 1.07. The fraction of sp³-hybridized carbons (Fsp3) is 0.345. The molecule has 2 aliphatic rings. The van der Waals surface area contributed by atoms with Gasteiger partial charge in [-0.2, -0.15) is 0 Å². The van der Waals surface area contributed by atoms with Crippen LogP contribution in [0.4, 0.5) is 0 Å². The van der Waals surface area contributed by atoms with Crippen LogP contribution in [0.1, 0.15) is 139 Å². The van der Waals surface area contributed by atoms with E-state index in [1.807, 2.05) is 42.5 Å². The van der Waals surface area contributed by atoms with Crippen LogP contribution in [0.2, 0.25) is 0 Å². The van der Waals surface area contributed by atoms with E-state index >= 15 is 0 Å². The molecule has 2 fully saturated rings. The predicted octanol–water partition coefficient (Wildman–Crippen LogP) is 12.7. The molecule has 8 rings (SSSR count). The Bertz CT molecular complexity index is 2500. The number of nitrogens with zero attached hydrogens (tertiary/aromatic N) is 2. The van der Waals surface area contributed by atoms with Crippen LogP contribution in [0.25, 0.3) is 0 Å². The van der Waals surface area contributed by atoms with E-state index < -0.39 is 0 Å². The van der Waals surface area contributed by atoms with Gasteiger partial charge < -0.3 is 9.84 Å². The number of hydrogen-bond donors (Lipinski definition) is 2. The van der Waals surface area contributed by atoms with Crippen LogP contribution in [0, 0.1) is 0 Å². The molecular weight excluding hydrogens is 848 g/mol. The van der Waals surface area contributed by atoms with Crippen molar-refractivity contribution in [3.05, 3.63) is 184 Å². The maximum Gasteiger partial charge on any atom is 0.127 e. The molecular formula is C58H67CoN2O4+. The summed E-state index contributed by atoms with van der Waals surface area (Å²) < 4.78 is 10.3. The quantitative estimate of drug-likeness (QED) is 0.159. The fourth-order valence-electron chi connectivity index (χ4n) is 8.79. The van der Waals surface area contributed by atoms with Gasteiger partial charge in [0, 0.05) is 0 Å². The molecule has 1 heterocycles. The second-order valence-corrected chi connectivity index (χ2v) is 22.0.